The molecule has 3 aromatic rings. The molecule has 2 amide bonds. The molecule has 0 aromatic heterocycles. The van der Waals surface area contributed by atoms with Crippen LogP contribution in [0.25, 0.3) is 6.08 Å². The van der Waals surface area contributed by atoms with E-state index in [0.29, 0.717) is 27.7 Å². The third-order valence-corrected chi connectivity index (χ3v) is 7.25. The van der Waals surface area contributed by atoms with Crippen molar-refractivity contribution in [3.63, 3.8) is 0 Å². The molecule has 190 valence electrons. The Bertz CT molecular complexity index is 1520. The minimum atomic E-state index is -3.89. The maximum Gasteiger partial charge on any atom is 0.271 e. The van der Waals surface area contributed by atoms with E-state index in [1.165, 1.54) is 30.3 Å². The third-order valence-electron chi connectivity index (χ3n) is 5.20. The number of nitrogens with two attached hydrogens (primary N) is 1. The highest BCUT2D eigenvalue weighted by Gasteiger charge is 2.34. The van der Waals surface area contributed by atoms with E-state index >= 15 is 0 Å². The number of nitrogens with zero attached hydrogens (tertiary/aromatic N) is 1. The molecule has 9 nitrogen and oxygen atoms in total. The Kier molecular flexibility index (Phi) is 7.69. The Balaban J connectivity index is 1.52. The summed E-state index contributed by atoms with van der Waals surface area (Å²) in [6.45, 7) is 1.68. The van der Waals surface area contributed by atoms with Crippen LogP contribution in [0.1, 0.15) is 11.1 Å². The first-order chi connectivity index (χ1) is 17.5. The maximum absolute atomic E-state index is 13.1. The Morgan fingerprint density at radius 2 is 1.81 bits per heavy atom. The number of carbonyl (C=O) groups excluding carboxylic acids is 2. The van der Waals surface area contributed by atoms with E-state index in [4.69, 9.17) is 26.9 Å². The molecule has 0 atom stereocenters. The second-order valence-corrected chi connectivity index (χ2v) is 11.0. The zero-order valence-corrected chi connectivity index (χ0v) is 21.8. The summed E-state index contributed by atoms with van der Waals surface area (Å²) < 4.78 is 28.7. The first-order valence-electron chi connectivity index (χ1n) is 10.8. The molecule has 4 N–H and O–H groups in total. The molecule has 0 saturated carbocycles. The second kappa shape index (κ2) is 10.8. The molecule has 0 bridgehead atoms. The van der Waals surface area contributed by atoms with Gasteiger partial charge in [0.25, 0.3) is 11.8 Å². The average molecular weight is 557 g/mol. The van der Waals surface area contributed by atoms with Gasteiger partial charge < -0.3 is 10.1 Å². The number of benzene rings is 3. The van der Waals surface area contributed by atoms with Gasteiger partial charge in [0.2, 0.25) is 10.0 Å². The summed E-state index contributed by atoms with van der Waals surface area (Å²) in [5.41, 5.74) is 2.47. The van der Waals surface area contributed by atoms with Crippen molar-refractivity contribution in [1.29, 1.82) is 5.41 Å². The number of amidine groups is 1. The van der Waals surface area contributed by atoms with Crippen LogP contribution in [0.5, 0.6) is 5.75 Å². The van der Waals surface area contributed by atoms with Gasteiger partial charge in [-0.2, -0.15) is 0 Å². The fourth-order valence-electron chi connectivity index (χ4n) is 3.39. The molecule has 0 spiro atoms. The molecule has 12 heteroatoms. The number of aryl methyl sites for hydroxylation is 1. The number of sulfonamides is 1. The molecule has 0 radical (unpaired) electrons. The number of halogens is 1. The zero-order chi connectivity index (χ0) is 26.7. The van der Waals surface area contributed by atoms with Crippen molar-refractivity contribution < 1.29 is 22.7 Å². The molecule has 0 unspecified atom stereocenters. The van der Waals surface area contributed by atoms with Crippen molar-refractivity contribution >= 4 is 67.8 Å². The number of thioether (sulfide) groups is 1. The number of hydrogen-bond donors (Lipinski definition) is 3. The molecule has 37 heavy (non-hydrogen) atoms. The minimum absolute atomic E-state index is 0.0680. The van der Waals surface area contributed by atoms with Gasteiger partial charge in [-0.15, -0.1) is 0 Å². The molecule has 4 rings (SSSR count). The highest BCUT2D eigenvalue weighted by atomic mass is 35.5. The summed E-state index contributed by atoms with van der Waals surface area (Å²) in [7, 11) is -3.89. The maximum atomic E-state index is 13.1. The predicted octanol–water partition coefficient (Wildman–Crippen LogP) is 4.37. The molecule has 1 saturated heterocycles. The van der Waals surface area contributed by atoms with Gasteiger partial charge in [-0.25, -0.2) is 13.6 Å². The Morgan fingerprint density at radius 1 is 1.14 bits per heavy atom. The van der Waals surface area contributed by atoms with Gasteiger partial charge in [0, 0.05) is 16.3 Å². The van der Waals surface area contributed by atoms with Gasteiger partial charge in [-0.3, -0.25) is 19.9 Å². The molecule has 3 aromatic carbocycles. The lowest BCUT2D eigenvalue weighted by Gasteiger charge is -2.14. The topological polar surface area (TPSA) is 143 Å². The second-order valence-electron chi connectivity index (χ2n) is 7.98. The fourth-order valence-corrected chi connectivity index (χ4v) is 4.94. The normalized spacial score (nSPS) is 14.8. The van der Waals surface area contributed by atoms with Crippen LogP contribution in [0, 0.1) is 12.3 Å². The first-order valence-corrected chi connectivity index (χ1v) is 13.5. The van der Waals surface area contributed by atoms with Crippen molar-refractivity contribution in [1.82, 2.24) is 0 Å². The number of anilines is 2. The van der Waals surface area contributed by atoms with Crippen LogP contribution in [-0.4, -0.2) is 32.0 Å². The number of carbonyl (C=O) groups is 2. The van der Waals surface area contributed by atoms with Gasteiger partial charge in [-0.1, -0.05) is 29.3 Å². The van der Waals surface area contributed by atoms with E-state index in [0.717, 1.165) is 22.2 Å². The Hall–Kier alpha value is -3.64. The zero-order valence-electron chi connectivity index (χ0n) is 19.4. The number of nitrogens with one attached hydrogen (secondary N) is 2. The van der Waals surface area contributed by atoms with E-state index in [9.17, 15) is 18.0 Å². The molecular weight excluding hydrogens is 536 g/mol. The number of primary sulfonamides is 1. The van der Waals surface area contributed by atoms with Crippen molar-refractivity contribution in [3.05, 3.63) is 87.8 Å². The van der Waals surface area contributed by atoms with Crippen LogP contribution in [0.3, 0.4) is 0 Å². The average Bonchev–Trinajstić information content (AvgIpc) is 3.12. The Morgan fingerprint density at radius 3 is 2.46 bits per heavy atom. The molecule has 0 aliphatic carbocycles. The van der Waals surface area contributed by atoms with Crippen LogP contribution >= 0.6 is 23.4 Å². The number of hydrogen-bond acceptors (Lipinski definition) is 7. The minimum Gasteiger partial charge on any atom is -0.483 e. The van der Waals surface area contributed by atoms with E-state index in [1.54, 1.807) is 30.3 Å². The molecule has 1 aliphatic rings. The Labute approximate surface area is 222 Å². The van der Waals surface area contributed by atoms with Crippen LogP contribution in [0.15, 0.2) is 76.5 Å². The van der Waals surface area contributed by atoms with Crippen LogP contribution in [0.4, 0.5) is 11.4 Å². The van der Waals surface area contributed by atoms with Gasteiger partial charge in [-0.05, 0) is 79.4 Å². The van der Waals surface area contributed by atoms with E-state index in [1.807, 2.05) is 19.1 Å². The van der Waals surface area contributed by atoms with Crippen LogP contribution < -0.4 is 20.1 Å². The summed E-state index contributed by atoms with van der Waals surface area (Å²) in [5, 5.41) is 16.5. The SMILES string of the molecule is Cc1ccc(NC(=O)COc2ccc(Cl)cc2/C=C2\SC(=N)N(c3ccc(S(N)(=O)=O)cc3)C2=O)cc1. The monoisotopic (exact) mass is 556 g/mol. The summed E-state index contributed by atoms with van der Waals surface area (Å²) in [4.78, 5) is 26.7. The van der Waals surface area contributed by atoms with Crippen LogP contribution in [-0.2, 0) is 19.6 Å². The van der Waals surface area contributed by atoms with E-state index < -0.39 is 15.9 Å². The summed E-state index contributed by atoms with van der Waals surface area (Å²) in [5.74, 6) is -0.521. The third kappa shape index (κ3) is 6.38. The highest BCUT2D eigenvalue weighted by molar-refractivity contribution is 8.19. The standard InChI is InChI=1S/C25H21ClN4O5S2/c1-15-2-5-18(6-3-15)29-23(31)14-35-21-11-4-17(26)12-16(21)13-22-24(32)30(25(27)36-22)19-7-9-20(10-8-19)37(28,33)34/h2-13,27H,14H2,1H3,(H,29,31)(H2,28,33,34)/b22-13-,27-25?. The number of ether oxygens (including phenoxy) is 1. The van der Waals surface area contributed by atoms with Crippen molar-refractivity contribution in [2.45, 2.75) is 11.8 Å². The van der Waals surface area contributed by atoms with Crippen LogP contribution in [0.2, 0.25) is 5.02 Å². The number of rotatable bonds is 7. The smallest absolute Gasteiger partial charge is 0.271 e. The quantitative estimate of drug-likeness (QED) is 0.369. The molecule has 1 fully saturated rings. The summed E-state index contributed by atoms with van der Waals surface area (Å²) >= 11 is 7.08. The highest BCUT2D eigenvalue weighted by Crippen LogP contribution is 2.37. The van der Waals surface area contributed by atoms with Gasteiger partial charge in [0.15, 0.2) is 11.8 Å². The first kappa shape index (κ1) is 26.4. The van der Waals surface area contributed by atoms with Gasteiger partial charge in [0.1, 0.15) is 5.75 Å². The number of amides is 2. The van der Waals surface area contributed by atoms with Crippen molar-refractivity contribution in [3.8, 4) is 5.75 Å². The largest absolute Gasteiger partial charge is 0.483 e. The summed E-state index contributed by atoms with van der Waals surface area (Å²) in [6, 6.07) is 17.4. The van der Waals surface area contributed by atoms with Crippen molar-refractivity contribution in [2.24, 2.45) is 5.14 Å². The van der Waals surface area contributed by atoms with E-state index in [-0.39, 0.29) is 27.5 Å². The molecule has 1 aliphatic heterocycles. The van der Waals surface area contributed by atoms with Gasteiger partial charge in [0.05, 0.1) is 15.5 Å². The lowest BCUT2D eigenvalue weighted by molar-refractivity contribution is -0.118. The van der Waals surface area contributed by atoms with E-state index in [2.05, 4.69) is 5.32 Å². The lowest BCUT2D eigenvalue weighted by Crippen LogP contribution is -2.28. The lowest BCUT2D eigenvalue weighted by atomic mass is 10.1. The fraction of sp³-hybridized carbons (Fsp3) is 0.0800. The predicted molar refractivity (Wildman–Crippen MR) is 145 cm³/mol. The van der Waals surface area contributed by atoms with Gasteiger partial charge >= 0.3 is 0 Å². The van der Waals surface area contributed by atoms with Crippen molar-refractivity contribution in [2.75, 3.05) is 16.8 Å². The summed E-state index contributed by atoms with van der Waals surface area (Å²) in [6.07, 6.45) is 1.53. The molecule has 1 heterocycles. The molecular formula is C25H21ClN4O5S2.